The van der Waals surface area contributed by atoms with Crippen molar-refractivity contribution in [3.05, 3.63) is 84.9 Å². The van der Waals surface area contributed by atoms with Gasteiger partial charge in [0.2, 0.25) is 0 Å². The smallest absolute Gasteiger partial charge is 0.399 e. The van der Waals surface area contributed by atoms with Gasteiger partial charge in [0.15, 0.2) is 0 Å². The fraction of sp³-hybridized carbons (Fsp3) is 0.308. The second-order valence-electron chi connectivity index (χ2n) is 9.20. The minimum Gasteiger partial charge on any atom is -0.399 e. The van der Waals surface area contributed by atoms with Gasteiger partial charge in [-0.25, -0.2) is 0 Å². The Kier molecular flexibility index (Phi) is 5.52. The molecule has 0 radical (unpaired) electrons. The molecule has 3 aromatic rings. The molecule has 0 amide bonds. The molecule has 1 heterocycles. The predicted octanol–water partition coefficient (Wildman–Crippen LogP) is 3.48. The van der Waals surface area contributed by atoms with Gasteiger partial charge in [0, 0.05) is 0 Å². The van der Waals surface area contributed by atoms with Gasteiger partial charge in [0.1, 0.15) is 8.07 Å². The summed E-state index contributed by atoms with van der Waals surface area (Å²) in [5.41, 5.74) is 0.417. The fourth-order valence-electron chi connectivity index (χ4n) is 4.49. The van der Waals surface area contributed by atoms with Crippen LogP contribution in [0.1, 0.15) is 34.6 Å². The van der Waals surface area contributed by atoms with Crippen molar-refractivity contribution in [2.45, 2.75) is 51.9 Å². The highest BCUT2D eigenvalue weighted by atomic mass is 28.3. The Balaban J connectivity index is 1.85. The Morgan fingerprint density at radius 1 is 0.667 bits per heavy atom. The van der Waals surface area contributed by atoms with Crippen molar-refractivity contribution in [2.24, 2.45) is 0 Å². The van der Waals surface area contributed by atoms with Crippen LogP contribution in [0.5, 0.6) is 0 Å². The van der Waals surface area contributed by atoms with Crippen molar-refractivity contribution in [3.63, 3.8) is 0 Å². The SMILES string of the molecule is CC[Si](c1ccccc1)(c1ccccc1)c1cccc(B2OC(C)(C)C(C)(C)O2)c1. The van der Waals surface area contributed by atoms with Crippen molar-refractivity contribution in [1.82, 2.24) is 0 Å². The van der Waals surface area contributed by atoms with Crippen LogP contribution in [0.2, 0.25) is 6.04 Å². The second-order valence-corrected chi connectivity index (χ2v) is 13.5. The molecule has 4 rings (SSSR count). The lowest BCUT2D eigenvalue weighted by Gasteiger charge is -2.33. The van der Waals surface area contributed by atoms with E-state index in [0.29, 0.717) is 0 Å². The molecular formula is C26H31BO2Si. The van der Waals surface area contributed by atoms with Gasteiger partial charge in [-0.1, -0.05) is 91.9 Å². The van der Waals surface area contributed by atoms with Crippen LogP contribution in [0.15, 0.2) is 84.9 Å². The summed E-state index contributed by atoms with van der Waals surface area (Å²) in [7, 11) is -2.51. The van der Waals surface area contributed by atoms with E-state index in [1.807, 2.05) is 0 Å². The number of rotatable bonds is 5. The van der Waals surface area contributed by atoms with Crippen LogP contribution < -0.4 is 21.0 Å². The molecule has 1 fully saturated rings. The molecule has 4 heteroatoms. The van der Waals surface area contributed by atoms with E-state index in [4.69, 9.17) is 9.31 Å². The molecule has 3 aromatic carbocycles. The first-order valence-corrected chi connectivity index (χ1v) is 13.1. The van der Waals surface area contributed by atoms with E-state index < -0.39 is 8.07 Å². The Morgan fingerprint density at radius 2 is 1.13 bits per heavy atom. The second kappa shape index (κ2) is 7.84. The summed E-state index contributed by atoms with van der Waals surface area (Å²) in [5.74, 6) is 0. The Bertz CT molecular complexity index is 946. The Morgan fingerprint density at radius 3 is 1.60 bits per heavy atom. The van der Waals surface area contributed by atoms with Gasteiger partial charge < -0.3 is 9.31 Å². The number of benzene rings is 3. The summed E-state index contributed by atoms with van der Waals surface area (Å²) >= 11 is 0. The molecule has 30 heavy (non-hydrogen) atoms. The van der Waals surface area contributed by atoms with Gasteiger partial charge in [-0.3, -0.25) is 0 Å². The molecule has 1 aliphatic heterocycles. The lowest BCUT2D eigenvalue weighted by molar-refractivity contribution is 0.00578. The summed E-state index contributed by atoms with van der Waals surface area (Å²) in [6.07, 6.45) is 0. The fourth-order valence-corrected chi connectivity index (χ4v) is 9.03. The van der Waals surface area contributed by atoms with Crippen LogP contribution >= 0.6 is 0 Å². The zero-order chi connectivity index (χ0) is 21.4. The third-order valence-corrected chi connectivity index (χ3v) is 12.0. The van der Waals surface area contributed by atoms with Crippen LogP contribution in [0, 0.1) is 0 Å². The van der Waals surface area contributed by atoms with Gasteiger partial charge in [0.25, 0.3) is 0 Å². The monoisotopic (exact) mass is 414 g/mol. The Labute approximate surface area is 182 Å². The molecule has 0 saturated carbocycles. The van der Waals surface area contributed by atoms with Crippen molar-refractivity contribution in [3.8, 4) is 0 Å². The zero-order valence-corrected chi connectivity index (χ0v) is 19.7. The molecule has 0 atom stereocenters. The summed E-state index contributed by atoms with van der Waals surface area (Å²) in [5, 5.41) is 4.27. The van der Waals surface area contributed by atoms with Gasteiger partial charge in [-0.05, 0) is 54.8 Å². The molecule has 0 bridgehead atoms. The van der Waals surface area contributed by atoms with Gasteiger partial charge in [-0.15, -0.1) is 0 Å². The molecule has 0 spiro atoms. The first kappa shape index (κ1) is 21.1. The molecule has 0 unspecified atom stereocenters. The van der Waals surface area contributed by atoms with Crippen LogP contribution in [0.4, 0.5) is 0 Å². The van der Waals surface area contributed by atoms with E-state index in [2.05, 4.69) is 120 Å². The molecular weight excluding hydrogens is 383 g/mol. The largest absolute Gasteiger partial charge is 0.494 e. The van der Waals surface area contributed by atoms with E-state index >= 15 is 0 Å². The molecule has 154 valence electrons. The lowest BCUT2D eigenvalue weighted by Crippen LogP contribution is -2.67. The predicted molar refractivity (Wildman–Crippen MR) is 130 cm³/mol. The van der Waals surface area contributed by atoms with E-state index in [-0.39, 0.29) is 18.3 Å². The van der Waals surface area contributed by atoms with Crippen molar-refractivity contribution in [2.75, 3.05) is 0 Å². The molecule has 0 aliphatic carbocycles. The standard InChI is InChI=1S/C26H31BO2Si/c1-6-30(22-15-9-7-10-16-22,23-17-11-8-12-18-23)24-19-13-14-21(20-24)27-28-25(2,3)26(4,5)29-27/h7-20H,6H2,1-5H3. The molecule has 0 N–H and O–H groups in total. The first-order chi connectivity index (χ1) is 14.3. The minimum absolute atomic E-state index is 0.341. The van der Waals surface area contributed by atoms with Crippen LogP contribution in [0.3, 0.4) is 0 Å². The van der Waals surface area contributed by atoms with E-state index in [1.165, 1.54) is 15.6 Å². The van der Waals surface area contributed by atoms with E-state index in [1.54, 1.807) is 0 Å². The zero-order valence-electron chi connectivity index (χ0n) is 18.7. The number of hydrogen-bond donors (Lipinski definition) is 0. The third kappa shape index (κ3) is 3.47. The summed E-state index contributed by atoms with van der Waals surface area (Å²) in [4.78, 5) is 0. The summed E-state index contributed by atoms with van der Waals surface area (Å²) < 4.78 is 12.7. The quantitative estimate of drug-likeness (QED) is 0.470. The molecule has 1 saturated heterocycles. The van der Waals surface area contributed by atoms with E-state index in [9.17, 15) is 0 Å². The average Bonchev–Trinajstić information content (AvgIpc) is 2.98. The summed E-state index contributed by atoms with van der Waals surface area (Å²) in [6.45, 7) is 10.8. The van der Waals surface area contributed by atoms with Gasteiger partial charge in [-0.2, -0.15) is 0 Å². The highest BCUT2D eigenvalue weighted by Gasteiger charge is 2.52. The van der Waals surface area contributed by atoms with E-state index in [0.717, 1.165) is 11.5 Å². The van der Waals surface area contributed by atoms with Gasteiger partial charge in [0.05, 0.1) is 11.2 Å². The van der Waals surface area contributed by atoms with Crippen LogP contribution in [0.25, 0.3) is 0 Å². The molecule has 0 aromatic heterocycles. The highest BCUT2D eigenvalue weighted by Crippen LogP contribution is 2.36. The molecule has 2 nitrogen and oxygen atoms in total. The average molecular weight is 414 g/mol. The minimum atomic E-state index is -2.16. The number of hydrogen-bond acceptors (Lipinski definition) is 2. The maximum Gasteiger partial charge on any atom is 0.494 e. The topological polar surface area (TPSA) is 18.5 Å². The maximum absolute atomic E-state index is 6.36. The van der Waals surface area contributed by atoms with Gasteiger partial charge >= 0.3 is 7.12 Å². The van der Waals surface area contributed by atoms with Crippen LogP contribution in [-0.4, -0.2) is 26.4 Å². The normalized spacial score (nSPS) is 17.8. The first-order valence-electron chi connectivity index (χ1n) is 10.9. The lowest BCUT2D eigenvalue weighted by atomic mass is 9.79. The summed E-state index contributed by atoms with van der Waals surface area (Å²) in [6, 6.07) is 32.0. The van der Waals surface area contributed by atoms with Crippen molar-refractivity contribution in [1.29, 1.82) is 0 Å². The molecule has 1 aliphatic rings. The maximum atomic E-state index is 6.36. The van der Waals surface area contributed by atoms with Crippen LogP contribution in [-0.2, 0) is 9.31 Å². The van der Waals surface area contributed by atoms with Crippen molar-refractivity contribution >= 4 is 36.2 Å². The highest BCUT2D eigenvalue weighted by molar-refractivity contribution is 7.11. The Hall–Kier alpha value is -2.14. The van der Waals surface area contributed by atoms with Crippen molar-refractivity contribution < 1.29 is 9.31 Å². The third-order valence-electron chi connectivity index (χ3n) is 6.97.